The lowest BCUT2D eigenvalue weighted by atomic mass is 10.2. The average molecular weight is 307 g/mol. The largest absolute Gasteiger partial charge is 0.266 e. The highest BCUT2D eigenvalue weighted by Gasteiger charge is 2.13. The van der Waals surface area contributed by atoms with Crippen LogP contribution in [0.2, 0.25) is 0 Å². The maximum atomic E-state index is 11.7. The molecule has 1 aromatic heterocycles. The molecule has 0 saturated heterocycles. The molecule has 1 heterocycles. The van der Waals surface area contributed by atoms with E-state index in [0.29, 0.717) is 22.6 Å². The maximum Gasteiger partial charge on any atom is 0.233 e. The lowest BCUT2D eigenvalue weighted by Crippen LogP contribution is -2.18. The third-order valence-corrected chi connectivity index (χ3v) is 3.89. The molecule has 1 aromatic rings. The van der Waals surface area contributed by atoms with Gasteiger partial charge in [0.15, 0.2) is 5.82 Å². The van der Waals surface area contributed by atoms with Crippen LogP contribution in [0, 0.1) is 5.92 Å². The summed E-state index contributed by atoms with van der Waals surface area (Å²) in [5, 5.41) is 0. The first-order valence-electron chi connectivity index (χ1n) is 5.02. The smallest absolute Gasteiger partial charge is 0.233 e. The minimum absolute atomic E-state index is 0.119. The van der Waals surface area contributed by atoms with Gasteiger partial charge in [-0.15, -0.1) is 0 Å². The lowest BCUT2D eigenvalue weighted by molar-refractivity contribution is 0.578. The molecule has 0 aliphatic rings. The molecule has 0 amide bonds. The third-order valence-electron chi connectivity index (χ3n) is 1.97. The monoisotopic (exact) mass is 306 g/mol. The Bertz CT molecular complexity index is 446. The second-order valence-corrected chi connectivity index (χ2v) is 6.63. The second kappa shape index (κ2) is 5.63. The molecule has 0 aliphatic heterocycles. The van der Waals surface area contributed by atoms with Gasteiger partial charge >= 0.3 is 0 Å². The van der Waals surface area contributed by atoms with Gasteiger partial charge in [-0.2, -0.15) is 0 Å². The van der Waals surface area contributed by atoms with Crippen LogP contribution in [0.3, 0.4) is 0 Å². The number of aromatic nitrogens is 1. The van der Waals surface area contributed by atoms with Crippen LogP contribution in [-0.4, -0.2) is 19.2 Å². The topological polar surface area (TPSA) is 59.1 Å². The molecular weight excluding hydrogens is 292 g/mol. The van der Waals surface area contributed by atoms with E-state index in [9.17, 15) is 8.42 Å². The highest BCUT2D eigenvalue weighted by molar-refractivity contribution is 9.10. The van der Waals surface area contributed by atoms with Crippen LogP contribution in [0.15, 0.2) is 22.8 Å². The summed E-state index contributed by atoms with van der Waals surface area (Å²) in [5.41, 5.74) is 0. The first-order chi connectivity index (χ1) is 7.41. The van der Waals surface area contributed by atoms with Gasteiger partial charge in [0.2, 0.25) is 10.0 Å². The van der Waals surface area contributed by atoms with E-state index < -0.39 is 10.0 Å². The van der Waals surface area contributed by atoms with E-state index in [2.05, 4.69) is 25.6 Å². The molecular formula is C10H15BrN2O2S. The average Bonchev–Trinajstić information content (AvgIpc) is 2.19. The molecule has 0 aliphatic carbocycles. The van der Waals surface area contributed by atoms with E-state index in [1.54, 1.807) is 18.3 Å². The van der Waals surface area contributed by atoms with Crippen LogP contribution >= 0.6 is 15.9 Å². The number of rotatable bonds is 5. The molecule has 90 valence electrons. The molecule has 0 spiro atoms. The van der Waals surface area contributed by atoms with Gasteiger partial charge in [0.05, 0.1) is 10.2 Å². The van der Waals surface area contributed by atoms with Crippen molar-refractivity contribution in [1.29, 1.82) is 0 Å². The summed E-state index contributed by atoms with van der Waals surface area (Å²) >= 11 is 3.24. The summed E-state index contributed by atoms with van der Waals surface area (Å²) in [4.78, 5) is 3.95. The van der Waals surface area contributed by atoms with Gasteiger partial charge in [0, 0.05) is 6.20 Å². The van der Waals surface area contributed by atoms with Crippen molar-refractivity contribution in [1.82, 2.24) is 4.98 Å². The van der Waals surface area contributed by atoms with Crippen molar-refractivity contribution in [2.45, 2.75) is 20.3 Å². The normalized spacial score (nSPS) is 11.8. The number of halogens is 1. The van der Waals surface area contributed by atoms with E-state index in [4.69, 9.17) is 0 Å². The Kier molecular flexibility index (Phi) is 4.73. The van der Waals surface area contributed by atoms with Crippen LogP contribution < -0.4 is 4.72 Å². The lowest BCUT2D eigenvalue weighted by Gasteiger charge is -2.09. The number of sulfonamides is 1. The minimum atomic E-state index is -3.29. The van der Waals surface area contributed by atoms with Crippen LogP contribution in [-0.2, 0) is 10.0 Å². The Morgan fingerprint density at radius 1 is 1.50 bits per heavy atom. The van der Waals surface area contributed by atoms with Crippen LogP contribution in [0.5, 0.6) is 0 Å². The Morgan fingerprint density at radius 2 is 2.19 bits per heavy atom. The molecule has 0 radical (unpaired) electrons. The van der Waals surface area contributed by atoms with Crippen molar-refractivity contribution in [3.63, 3.8) is 0 Å². The maximum absolute atomic E-state index is 11.7. The second-order valence-electron chi connectivity index (χ2n) is 3.94. The van der Waals surface area contributed by atoms with Crippen molar-refractivity contribution in [2.24, 2.45) is 5.92 Å². The molecule has 0 atom stereocenters. The Balaban J connectivity index is 2.70. The molecule has 16 heavy (non-hydrogen) atoms. The van der Waals surface area contributed by atoms with E-state index in [0.717, 1.165) is 0 Å². The van der Waals surface area contributed by atoms with Crippen LogP contribution in [0.1, 0.15) is 20.3 Å². The highest BCUT2D eigenvalue weighted by atomic mass is 79.9. The first-order valence-corrected chi connectivity index (χ1v) is 7.46. The van der Waals surface area contributed by atoms with Crippen molar-refractivity contribution < 1.29 is 8.42 Å². The number of anilines is 1. The van der Waals surface area contributed by atoms with Gasteiger partial charge in [-0.05, 0) is 40.4 Å². The minimum Gasteiger partial charge on any atom is -0.266 e. The number of hydrogen-bond acceptors (Lipinski definition) is 3. The van der Waals surface area contributed by atoms with Crippen LogP contribution in [0.25, 0.3) is 0 Å². The van der Waals surface area contributed by atoms with Crippen molar-refractivity contribution in [2.75, 3.05) is 10.5 Å². The molecule has 0 fully saturated rings. The molecule has 4 nitrogen and oxygen atoms in total. The Hall–Kier alpha value is -0.620. The molecule has 0 bridgehead atoms. The summed E-state index contributed by atoms with van der Waals surface area (Å²) in [6.45, 7) is 3.98. The fraction of sp³-hybridized carbons (Fsp3) is 0.500. The highest BCUT2D eigenvalue weighted by Crippen LogP contribution is 2.19. The van der Waals surface area contributed by atoms with E-state index >= 15 is 0 Å². The Morgan fingerprint density at radius 3 is 2.75 bits per heavy atom. The Labute approximate surface area is 105 Å². The van der Waals surface area contributed by atoms with Gasteiger partial charge in [-0.1, -0.05) is 13.8 Å². The predicted octanol–water partition coefficient (Wildman–Crippen LogP) is 2.63. The molecule has 6 heteroatoms. The van der Waals surface area contributed by atoms with E-state index in [-0.39, 0.29) is 5.75 Å². The zero-order chi connectivity index (χ0) is 12.2. The van der Waals surface area contributed by atoms with Gasteiger partial charge in [-0.3, -0.25) is 4.72 Å². The van der Waals surface area contributed by atoms with Gasteiger partial charge < -0.3 is 0 Å². The number of hydrogen-bond donors (Lipinski definition) is 1. The van der Waals surface area contributed by atoms with Gasteiger partial charge in [0.25, 0.3) is 0 Å². The number of pyridine rings is 1. The zero-order valence-corrected chi connectivity index (χ0v) is 11.7. The summed E-state index contributed by atoms with van der Waals surface area (Å²) in [7, 11) is -3.29. The van der Waals surface area contributed by atoms with Gasteiger partial charge in [0.1, 0.15) is 0 Å². The van der Waals surface area contributed by atoms with Gasteiger partial charge in [-0.25, -0.2) is 13.4 Å². The molecule has 0 unspecified atom stereocenters. The van der Waals surface area contributed by atoms with Crippen molar-refractivity contribution in [3.05, 3.63) is 22.8 Å². The third kappa shape index (κ3) is 4.49. The summed E-state index contributed by atoms with van der Waals surface area (Å²) < 4.78 is 26.5. The zero-order valence-electron chi connectivity index (χ0n) is 9.27. The predicted molar refractivity (Wildman–Crippen MR) is 68.8 cm³/mol. The molecule has 0 saturated carbocycles. The van der Waals surface area contributed by atoms with E-state index in [1.165, 1.54) is 0 Å². The fourth-order valence-corrected chi connectivity index (χ4v) is 2.88. The number of nitrogens with zero attached hydrogens (tertiary/aromatic N) is 1. The summed E-state index contributed by atoms with van der Waals surface area (Å²) in [6, 6.07) is 3.48. The molecule has 0 aromatic carbocycles. The summed E-state index contributed by atoms with van der Waals surface area (Å²) in [6.07, 6.45) is 2.19. The fourth-order valence-electron chi connectivity index (χ4n) is 1.05. The quantitative estimate of drug-likeness (QED) is 0.909. The molecule has 1 N–H and O–H groups in total. The van der Waals surface area contributed by atoms with Crippen molar-refractivity contribution in [3.8, 4) is 0 Å². The number of nitrogens with one attached hydrogen (secondary N) is 1. The SMILES string of the molecule is CC(C)CCS(=O)(=O)Nc1ncccc1Br. The van der Waals surface area contributed by atoms with Crippen LogP contribution in [0.4, 0.5) is 5.82 Å². The first kappa shape index (κ1) is 13.4. The standard InChI is InChI=1S/C10H15BrN2O2S/c1-8(2)5-7-16(14,15)13-10-9(11)4-3-6-12-10/h3-4,6,8H,5,7H2,1-2H3,(H,12,13). The summed E-state index contributed by atoms with van der Waals surface area (Å²) in [5.74, 6) is 0.822. The van der Waals surface area contributed by atoms with E-state index in [1.807, 2.05) is 13.8 Å². The van der Waals surface area contributed by atoms with Crippen molar-refractivity contribution >= 4 is 31.8 Å². The molecule has 1 rings (SSSR count).